The van der Waals surface area contributed by atoms with Crippen LogP contribution < -0.4 is 9.28 Å². The summed E-state index contributed by atoms with van der Waals surface area (Å²) in [6.07, 6.45) is -4.57. The van der Waals surface area contributed by atoms with Gasteiger partial charge in [0.25, 0.3) is 0 Å². The number of nitrogens with zero attached hydrogens (tertiary/aromatic N) is 2. The van der Waals surface area contributed by atoms with Gasteiger partial charge in [-0.25, -0.2) is 8.42 Å². The van der Waals surface area contributed by atoms with E-state index in [1.807, 2.05) is 0 Å². The van der Waals surface area contributed by atoms with Gasteiger partial charge >= 0.3 is 18.0 Å². The van der Waals surface area contributed by atoms with E-state index >= 15 is 0 Å². The van der Waals surface area contributed by atoms with Crippen LogP contribution in [0.3, 0.4) is 0 Å². The summed E-state index contributed by atoms with van der Waals surface area (Å²) in [4.78, 5) is 15.5. The van der Waals surface area contributed by atoms with Crippen LogP contribution in [0.1, 0.15) is 6.92 Å². The number of nitrogens with one attached hydrogen (secondary N) is 1. The van der Waals surface area contributed by atoms with Crippen LogP contribution in [0.4, 0.5) is 22.0 Å². The highest BCUT2D eigenvalue weighted by Gasteiger charge is 2.58. The average Bonchev–Trinajstić information content (AvgIpc) is 2.59. The fourth-order valence-electron chi connectivity index (χ4n) is 1.91. The number of halogens is 5. The number of rotatable bonds is 6. The second-order valence-corrected chi connectivity index (χ2v) is 7.48. The van der Waals surface area contributed by atoms with Gasteiger partial charge in [-0.1, -0.05) is 6.92 Å². The lowest BCUT2D eigenvalue weighted by molar-refractivity contribution is -0.572. The van der Waals surface area contributed by atoms with Crippen molar-refractivity contribution in [3.63, 3.8) is 0 Å². The molecular formula is C14H13F5N3O4S+. The zero-order valence-electron chi connectivity index (χ0n) is 13.6. The highest BCUT2D eigenvalue weighted by Crippen LogP contribution is 2.35. The van der Waals surface area contributed by atoms with Crippen LogP contribution in [-0.2, 0) is 9.84 Å². The third-order valence-corrected chi connectivity index (χ3v) is 5.13. The fraction of sp³-hybridized carbons (Fsp3) is 0.357. The molecule has 2 aromatic rings. The largest absolute Gasteiger partial charge is 0.456 e. The minimum Gasteiger partial charge on any atom is -0.433 e. The van der Waals surface area contributed by atoms with Crippen LogP contribution in [-0.4, -0.2) is 43.0 Å². The Bertz CT molecular complexity index is 989. The van der Waals surface area contributed by atoms with Gasteiger partial charge in [-0.2, -0.15) is 22.0 Å². The Morgan fingerprint density at radius 2 is 1.85 bits per heavy atom. The lowest BCUT2D eigenvalue weighted by Crippen LogP contribution is -2.42. The minimum atomic E-state index is -5.83. The molecule has 0 aliphatic heterocycles. The molecule has 0 spiro atoms. The Kier molecular flexibility index (Phi) is 5.54. The standard InChI is InChI=1S/C14H13F5N3O4S/c1-2-27(24,25)10-4-3-7-20-12(10)9-5-6-11(22(23)21-9)26-8-13(15,16)14(17,18)19/h3-7H,2,8H2,1H3,(H,21,23)/q+1. The zero-order chi connectivity index (χ0) is 20.5. The van der Waals surface area contributed by atoms with Crippen molar-refractivity contribution < 1.29 is 39.6 Å². The number of hydrogen-bond acceptors (Lipinski definition) is 5. The van der Waals surface area contributed by atoms with Gasteiger partial charge in [0.1, 0.15) is 11.4 Å². The van der Waals surface area contributed by atoms with Crippen molar-refractivity contribution in [3.05, 3.63) is 35.4 Å². The van der Waals surface area contributed by atoms with Crippen molar-refractivity contribution in [2.75, 3.05) is 12.4 Å². The van der Waals surface area contributed by atoms with E-state index in [2.05, 4.69) is 14.8 Å². The molecule has 27 heavy (non-hydrogen) atoms. The van der Waals surface area contributed by atoms with E-state index in [1.54, 1.807) is 0 Å². The summed E-state index contributed by atoms with van der Waals surface area (Å²) in [5.74, 6) is -6.25. The maximum atomic E-state index is 12.9. The predicted octanol–water partition coefficient (Wildman–Crippen LogP) is 2.36. The molecule has 7 nitrogen and oxygen atoms in total. The van der Waals surface area contributed by atoms with Gasteiger partial charge in [0.2, 0.25) is 4.54 Å². The Balaban J connectivity index is 2.36. The smallest absolute Gasteiger partial charge is 0.433 e. The molecule has 2 rings (SSSR count). The van der Waals surface area contributed by atoms with Gasteiger partial charge in [-0.15, -0.1) is 5.10 Å². The number of aromatic nitrogens is 3. The Morgan fingerprint density at radius 1 is 1.19 bits per heavy atom. The molecule has 0 aliphatic rings. The number of alkyl halides is 5. The van der Waals surface area contributed by atoms with Gasteiger partial charge in [-0.05, 0) is 18.2 Å². The molecule has 0 atom stereocenters. The lowest BCUT2D eigenvalue weighted by Gasteiger charge is -2.17. The van der Waals surface area contributed by atoms with Crippen LogP contribution in [0.5, 0.6) is 5.88 Å². The molecule has 13 heteroatoms. The molecule has 1 N–H and O–H groups in total. The topological polar surface area (TPSA) is 95.0 Å². The first-order valence-electron chi connectivity index (χ1n) is 7.30. The average molecular weight is 414 g/mol. The van der Waals surface area contributed by atoms with Crippen LogP contribution in [0, 0.1) is 4.91 Å². The molecule has 0 fully saturated rings. The SMILES string of the molecule is CCS(=O)(=O)c1cccnc1-c1ccc(OCC(F)(F)C(F)(F)F)[n+](=O)[nH]1. The summed E-state index contributed by atoms with van der Waals surface area (Å²) in [5.41, 5.74) is -0.219. The van der Waals surface area contributed by atoms with E-state index in [0.717, 1.165) is 12.1 Å². The van der Waals surface area contributed by atoms with E-state index in [-0.39, 0.29) is 26.6 Å². The summed E-state index contributed by atoms with van der Waals surface area (Å²) in [7, 11) is -3.70. The first-order valence-corrected chi connectivity index (χ1v) is 8.95. The molecule has 0 radical (unpaired) electrons. The van der Waals surface area contributed by atoms with Crippen molar-refractivity contribution >= 4 is 9.84 Å². The second-order valence-electron chi connectivity index (χ2n) is 5.24. The molecule has 148 valence electrons. The van der Waals surface area contributed by atoms with Crippen molar-refractivity contribution in [2.45, 2.75) is 23.9 Å². The summed E-state index contributed by atoms with van der Waals surface area (Å²) in [5, 5.41) is 2.09. The number of hydrogen-bond donors (Lipinski definition) is 1. The Hall–Kier alpha value is -2.57. The number of aromatic amines is 1. The molecule has 0 aromatic carbocycles. The maximum Gasteiger partial charge on any atom is 0.456 e. The van der Waals surface area contributed by atoms with Crippen molar-refractivity contribution in [3.8, 4) is 17.3 Å². The summed E-state index contributed by atoms with van der Waals surface area (Å²) < 4.78 is 90.3. The van der Waals surface area contributed by atoms with E-state index in [0.29, 0.717) is 0 Å². The van der Waals surface area contributed by atoms with Gasteiger partial charge < -0.3 is 4.74 Å². The molecule has 0 bridgehead atoms. The van der Waals surface area contributed by atoms with Crippen LogP contribution in [0.25, 0.3) is 11.4 Å². The Labute approximate surface area is 149 Å². The van der Waals surface area contributed by atoms with Crippen molar-refractivity contribution in [2.24, 2.45) is 0 Å². The quantitative estimate of drug-likeness (QED) is 0.579. The highest BCUT2D eigenvalue weighted by molar-refractivity contribution is 7.91. The number of pyridine rings is 1. The first kappa shape index (κ1) is 20.7. The van der Waals surface area contributed by atoms with E-state index < -0.39 is 34.4 Å². The lowest BCUT2D eigenvalue weighted by atomic mass is 10.2. The molecule has 0 amide bonds. The van der Waals surface area contributed by atoms with E-state index in [4.69, 9.17) is 0 Å². The molecule has 2 heterocycles. The number of sulfone groups is 1. The Morgan fingerprint density at radius 3 is 2.41 bits per heavy atom. The molecule has 2 aromatic heterocycles. The van der Waals surface area contributed by atoms with E-state index in [1.165, 1.54) is 25.3 Å². The summed E-state index contributed by atoms with van der Waals surface area (Å²) in [6, 6.07) is 4.53. The molecule has 0 aliphatic carbocycles. The second kappa shape index (κ2) is 7.21. The first-order chi connectivity index (χ1) is 12.4. The third-order valence-electron chi connectivity index (χ3n) is 3.37. The van der Waals surface area contributed by atoms with Gasteiger partial charge in [0.05, 0.1) is 21.6 Å². The maximum absolute atomic E-state index is 12.9. The predicted molar refractivity (Wildman–Crippen MR) is 81.6 cm³/mol. The summed E-state index contributed by atoms with van der Waals surface area (Å²) in [6.45, 7) is -0.688. The third kappa shape index (κ3) is 4.40. The van der Waals surface area contributed by atoms with Crippen LogP contribution in [0.2, 0.25) is 0 Å². The molecule has 0 saturated heterocycles. The molecular weight excluding hydrogens is 401 g/mol. The van der Waals surface area contributed by atoms with Crippen molar-refractivity contribution in [1.29, 1.82) is 0 Å². The van der Waals surface area contributed by atoms with Gasteiger partial charge in [0, 0.05) is 6.20 Å². The number of ether oxygens (including phenoxy) is 1. The van der Waals surface area contributed by atoms with Gasteiger partial charge in [0.15, 0.2) is 16.4 Å². The van der Waals surface area contributed by atoms with Crippen molar-refractivity contribution in [1.82, 2.24) is 10.1 Å². The van der Waals surface area contributed by atoms with Crippen LogP contribution >= 0.6 is 0 Å². The normalized spacial score (nSPS) is 12.8. The number of H-pyrrole nitrogens is 1. The van der Waals surface area contributed by atoms with Crippen LogP contribution in [0.15, 0.2) is 35.4 Å². The monoisotopic (exact) mass is 414 g/mol. The summed E-state index contributed by atoms with van der Waals surface area (Å²) >= 11 is 0. The zero-order valence-corrected chi connectivity index (χ0v) is 14.4. The minimum absolute atomic E-state index is 0.104. The molecule has 0 saturated carbocycles. The van der Waals surface area contributed by atoms with E-state index in [9.17, 15) is 35.3 Å². The fourth-order valence-corrected chi connectivity index (χ4v) is 2.96. The highest BCUT2D eigenvalue weighted by atomic mass is 32.2. The van der Waals surface area contributed by atoms with Gasteiger partial charge in [-0.3, -0.25) is 4.98 Å². The molecule has 0 unspecified atom stereocenters.